The van der Waals surface area contributed by atoms with Gasteiger partial charge in [-0.05, 0) is 60.3 Å². The number of likely N-dealkylation sites (tertiary alicyclic amines) is 1. The normalized spacial score (nSPS) is 22.2. The zero-order valence-electron chi connectivity index (χ0n) is 21.2. The summed E-state index contributed by atoms with van der Waals surface area (Å²) in [5, 5.41) is 3.58. The summed E-state index contributed by atoms with van der Waals surface area (Å²) >= 11 is 0. The monoisotopic (exact) mass is 567 g/mol. The molecule has 1 amide bonds. The number of nitrogens with zero attached hydrogens (tertiary/aromatic N) is 4. The molecule has 0 aromatic heterocycles. The number of nitrogens with one attached hydrogen (secondary N) is 1. The molecule has 2 heterocycles. The highest BCUT2D eigenvalue weighted by Gasteiger charge is 2.28. The van der Waals surface area contributed by atoms with Crippen molar-refractivity contribution in [2.24, 2.45) is 10.9 Å². The Morgan fingerprint density at radius 2 is 1.94 bits per heavy atom. The molecular weight excluding hydrogens is 521 g/mol. The molecular formula is C23H46IN5O3. The van der Waals surface area contributed by atoms with Gasteiger partial charge in [0.2, 0.25) is 0 Å². The Hall–Kier alpha value is -0.810. The summed E-state index contributed by atoms with van der Waals surface area (Å²) in [6, 6.07) is 0.884. The van der Waals surface area contributed by atoms with E-state index in [0.29, 0.717) is 24.5 Å². The van der Waals surface area contributed by atoms with E-state index in [1.807, 2.05) is 39.6 Å². The molecule has 0 aromatic carbocycles. The fourth-order valence-corrected chi connectivity index (χ4v) is 4.38. The predicted octanol–water partition coefficient (Wildman–Crippen LogP) is 3.26. The zero-order chi connectivity index (χ0) is 23.0. The topological polar surface area (TPSA) is 69.6 Å². The molecule has 2 rings (SSSR count). The number of hydrogen-bond donors (Lipinski definition) is 1. The maximum atomic E-state index is 12.4. The summed E-state index contributed by atoms with van der Waals surface area (Å²) in [6.45, 7) is 19.1. The molecule has 8 nitrogen and oxygen atoms in total. The Labute approximate surface area is 212 Å². The highest BCUT2D eigenvalue weighted by atomic mass is 127. The number of carbonyl (C=O) groups is 1. The van der Waals surface area contributed by atoms with Crippen molar-refractivity contribution in [3.05, 3.63) is 0 Å². The number of morpholine rings is 1. The van der Waals surface area contributed by atoms with Crippen molar-refractivity contribution in [3.8, 4) is 0 Å². The quantitative estimate of drug-likeness (QED) is 0.302. The van der Waals surface area contributed by atoms with Crippen LogP contribution in [0.25, 0.3) is 0 Å². The van der Waals surface area contributed by atoms with Crippen LogP contribution in [0.3, 0.4) is 0 Å². The molecule has 32 heavy (non-hydrogen) atoms. The van der Waals surface area contributed by atoms with Gasteiger partial charge in [0, 0.05) is 58.4 Å². The first-order valence-electron chi connectivity index (χ1n) is 11.9. The van der Waals surface area contributed by atoms with E-state index in [1.54, 1.807) is 0 Å². The van der Waals surface area contributed by atoms with Gasteiger partial charge in [0.25, 0.3) is 0 Å². The third-order valence-electron chi connectivity index (χ3n) is 6.18. The molecule has 0 saturated carbocycles. The van der Waals surface area contributed by atoms with E-state index in [0.717, 1.165) is 64.7 Å². The van der Waals surface area contributed by atoms with Crippen molar-refractivity contribution in [1.82, 2.24) is 20.0 Å². The summed E-state index contributed by atoms with van der Waals surface area (Å²) in [6.07, 6.45) is 1.90. The largest absolute Gasteiger partial charge is 0.444 e. The Morgan fingerprint density at radius 1 is 1.28 bits per heavy atom. The number of amides is 1. The summed E-state index contributed by atoms with van der Waals surface area (Å²) in [5.41, 5.74) is -0.456. The van der Waals surface area contributed by atoms with Gasteiger partial charge in [0.1, 0.15) is 5.60 Å². The van der Waals surface area contributed by atoms with Gasteiger partial charge in [0.15, 0.2) is 5.96 Å². The van der Waals surface area contributed by atoms with E-state index in [-0.39, 0.29) is 30.1 Å². The fourth-order valence-electron chi connectivity index (χ4n) is 4.38. The van der Waals surface area contributed by atoms with Crippen LogP contribution in [0, 0.1) is 5.92 Å². The summed E-state index contributed by atoms with van der Waals surface area (Å²) in [7, 11) is 1.86. The van der Waals surface area contributed by atoms with E-state index >= 15 is 0 Å². The molecule has 2 fully saturated rings. The molecule has 0 aromatic rings. The third-order valence-corrected chi connectivity index (χ3v) is 6.18. The van der Waals surface area contributed by atoms with Gasteiger partial charge in [-0.2, -0.15) is 0 Å². The average Bonchev–Trinajstić information content (AvgIpc) is 2.72. The number of carbonyl (C=O) groups excluding carboxylic acids is 1. The van der Waals surface area contributed by atoms with Gasteiger partial charge >= 0.3 is 6.09 Å². The van der Waals surface area contributed by atoms with Crippen molar-refractivity contribution in [1.29, 1.82) is 0 Å². The van der Waals surface area contributed by atoms with E-state index in [4.69, 9.17) is 9.47 Å². The molecule has 2 aliphatic heterocycles. The molecule has 2 saturated heterocycles. The molecule has 2 aliphatic rings. The number of hydrogen-bond acceptors (Lipinski definition) is 5. The number of piperidine rings is 1. The fraction of sp³-hybridized carbons (Fsp3) is 0.913. The first-order chi connectivity index (χ1) is 14.6. The molecule has 0 bridgehead atoms. The lowest BCUT2D eigenvalue weighted by Gasteiger charge is -2.39. The van der Waals surface area contributed by atoms with Gasteiger partial charge in [-0.25, -0.2) is 4.79 Å². The minimum atomic E-state index is -0.456. The third kappa shape index (κ3) is 9.21. The maximum absolute atomic E-state index is 12.4. The Kier molecular flexibility index (Phi) is 12.6. The van der Waals surface area contributed by atoms with Gasteiger partial charge in [0.05, 0.1) is 13.2 Å². The van der Waals surface area contributed by atoms with Crippen molar-refractivity contribution in [2.45, 2.75) is 72.1 Å². The van der Waals surface area contributed by atoms with E-state index in [1.165, 1.54) is 0 Å². The van der Waals surface area contributed by atoms with Crippen LogP contribution in [0.5, 0.6) is 0 Å². The summed E-state index contributed by atoms with van der Waals surface area (Å²) in [4.78, 5) is 23.6. The van der Waals surface area contributed by atoms with Crippen LogP contribution in [0.15, 0.2) is 4.99 Å². The highest BCUT2D eigenvalue weighted by molar-refractivity contribution is 14.0. The molecule has 0 aliphatic carbocycles. The lowest BCUT2D eigenvalue weighted by Crippen LogP contribution is -2.54. The average molecular weight is 568 g/mol. The summed E-state index contributed by atoms with van der Waals surface area (Å²) in [5.74, 6) is 1.47. The van der Waals surface area contributed by atoms with Crippen molar-refractivity contribution in [2.75, 3.05) is 59.5 Å². The van der Waals surface area contributed by atoms with Crippen LogP contribution in [0.2, 0.25) is 0 Å². The second-order valence-corrected chi connectivity index (χ2v) is 9.89. The molecule has 0 spiro atoms. The first kappa shape index (κ1) is 29.2. The number of guanidine groups is 1. The van der Waals surface area contributed by atoms with Crippen LogP contribution < -0.4 is 5.32 Å². The molecule has 2 unspecified atom stereocenters. The lowest BCUT2D eigenvalue weighted by molar-refractivity contribution is -0.0175. The number of aliphatic imine (C=N–C) groups is 1. The Bertz CT molecular complexity index is 591. The Morgan fingerprint density at radius 3 is 2.47 bits per heavy atom. The number of rotatable bonds is 6. The van der Waals surface area contributed by atoms with Crippen LogP contribution in [-0.2, 0) is 9.47 Å². The van der Waals surface area contributed by atoms with Crippen molar-refractivity contribution in [3.63, 3.8) is 0 Å². The van der Waals surface area contributed by atoms with Crippen molar-refractivity contribution >= 4 is 36.0 Å². The lowest BCUT2D eigenvalue weighted by atomic mass is 9.96. The van der Waals surface area contributed by atoms with Crippen LogP contribution in [0.1, 0.15) is 54.4 Å². The smallest absolute Gasteiger partial charge is 0.410 e. The van der Waals surface area contributed by atoms with Crippen LogP contribution >= 0.6 is 24.0 Å². The molecule has 9 heteroatoms. The van der Waals surface area contributed by atoms with Crippen molar-refractivity contribution < 1.29 is 14.3 Å². The van der Waals surface area contributed by atoms with E-state index < -0.39 is 5.60 Å². The predicted molar refractivity (Wildman–Crippen MR) is 141 cm³/mol. The SMILES string of the molecule is CCN(CC1CCN(C(=NC)NCC(C)N2CCOCC2C)CC1)C(=O)OC(C)(C)C.I. The molecule has 1 N–H and O–H groups in total. The minimum Gasteiger partial charge on any atom is -0.444 e. The summed E-state index contributed by atoms with van der Waals surface area (Å²) < 4.78 is 11.1. The highest BCUT2D eigenvalue weighted by Crippen LogP contribution is 2.20. The Balaban J connectivity index is 0.00000512. The zero-order valence-corrected chi connectivity index (χ0v) is 23.6. The van der Waals surface area contributed by atoms with Gasteiger partial charge in [-0.3, -0.25) is 9.89 Å². The van der Waals surface area contributed by atoms with Gasteiger partial charge in [-0.15, -0.1) is 24.0 Å². The van der Waals surface area contributed by atoms with Crippen LogP contribution in [-0.4, -0.2) is 104 Å². The van der Waals surface area contributed by atoms with Gasteiger partial charge in [-0.1, -0.05) is 0 Å². The van der Waals surface area contributed by atoms with E-state index in [9.17, 15) is 4.79 Å². The maximum Gasteiger partial charge on any atom is 0.410 e. The van der Waals surface area contributed by atoms with Gasteiger partial charge < -0.3 is 24.6 Å². The molecule has 0 radical (unpaired) electrons. The number of halogens is 1. The van der Waals surface area contributed by atoms with E-state index in [2.05, 4.69) is 34.0 Å². The second-order valence-electron chi connectivity index (χ2n) is 9.89. The minimum absolute atomic E-state index is 0. The number of ether oxygens (including phenoxy) is 2. The first-order valence-corrected chi connectivity index (χ1v) is 11.9. The standard InChI is InChI=1S/C23H45N5O3.HI/c1-8-26(22(29)31-23(4,5)6)16-20-9-11-27(12-10-20)21(24-7)25-15-18(2)28-13-14-30-17-19(28)3;/h18-20H,8-17H2,1-7H3,(H,24,25);1H. The molecule has 188 valence electrons. The molecule has 2 atom stereocenters. The van der Waals surface area contributed by atoms with Crippen LogP contribution in [0.4, 0.5) is 4.79 Å². The second kappa shape index (κ2) is 13.8.